The number of ether oxygens (including phenoxy) is 3. The van der Waals surface area contributed by atoms with Crippen LogP contribution in [0.15, 0.2) is 54.7 Å². The molecule has 2 amide bonds. The molecule has 0 saturated heterocycles. The molecule has 4 rings (SSSR count). The first-order valence-corrected chi connectivity index (χ1v) is 11.0. The summed E-state index contributed by atoms with van der Waals surface area (Å²) in [7, 11) is 4.69. The van der Waals surface area contributed by atoms with Gasteiger partial charge in [0.25, 0.3) is 0 Å². The van der Waals surface area contributed by atoms with Gasteiger partial charge in [0.1, 0.15) is 24.7 Å². The van der Waals surface area contributed by atoms with Crippen LogP contribution in [0.2, 0.25) is 0 Å². The van der Waals surface area contributed by atoms with E-state index in [1.54, 1.807) is 23.7 Å². The van der Waals surface area contributed by atoms with Crippen molar-refractivity contribution < 1.29 is 23.8 Å². The number of aromatic nitrogens is 2. The summed E-state index contributed by atoms with van der Waals surface area (Å²) in [4.78, 5) is 31.6. The van der Waals surface area contributed by atoms with Crippen molar-refractivity contribution in [3.8, 4) is 28.4 Å². The molecule has 0 spiro atoms. The highest BCUT2D eigenvalue weighted by Crippen LogP contribution is 2.28. The Kier molecular flexibility index (Phi) is 7.12. The molecule has 1 aliphatic rings. The fourth-order valence-electron chi connectivity index (χ4n) is 3.64. The first-order valence-electron chi connectivity index (χ1n) is 11.0. The second-order valence-electron chi connectivity index (χ2n) is 7.98. The Bertz CT molecular complexity index is 1140. The van der Waals surface area contributed by atoms with E-state index < -0.39 is 0 Å². The number of carbonyl (C=O) groups is 2. The van der Waals surface area contributed by atoms with Crippen molar-refractivity contribution >= 4 is 17.8 Å². The van der Waals surface area contributed by atoms with Crippen LogP contribution in [0.5, 0.6) is 11.5 Å². The minimum absolute atomic E-state index is 0.0497. The Morgan fingerprint density at radius 1 is 1.00 bits per heavy atom. The normalized spacial score (nSPS) is 12.8. The Balaban J connectivity index is 1.61. The van der Waals surface area contributed by atoms with Crippen molar-refractivity contribution in [1.29, 1.82) is 0 Å². The van der Waals surface area contributed by atoms with Crippen molar-refractivity contribution in [2.24, 2.45) is 0 Å². The number of anilines is 1. The quantitative estimate of drug-likeness (QED) is 0.495. The molecule has 0 unspecified atom stereocenters. The van der Waals surface area contributed by atoms with E-state index in [4.69, 9.17) is 14.2 Å². The van der Waals surface area contributed by atoms with Gasteiger partial charge in [-0.15, -0.1) is 0 Å². The first kappa shape index (κ1) is 23.3. The highest BCUT2D eigenvalue weighted by Gasteiger charge is 2.33. The van der Waals surface area contributed by atoms with Gasteiger partial charge in [-0.1, -0.05) is 0 Å². The SMILES string of the molecule is COCC(=O)N(CC(=O)Nc1nc(-c2ccc(OC)cc2)cn1-c1ccc(OC)cc1)C1CC1. The Hall–Kier alpha value is -3.85. The summed E-state index contributed by atoms with van der Waals surface area (Å²) in [5, 5.41) is 2.88. The van der Waals surface area contributed by atoms with Gasteiger partial charge in [0.15, 0.2) is 0 Å². The monoisotopic (exact) mass is 464 g/mol. The van der Waals surface area contributed by atoms with Crippen molar-refractivity contribution in [2.75, 3.05) is 39.8 Å². The zero-order valence-electron chi connectivity index (χ0n) is 19.5. The predicted octanol–water partition coefficient (Wildman–Crippen LogP) is 3.13. The molecule has 34 heavy (non-hydrogen) atoms. The van der Waals surface area contributed by atoms with Crippen molar-refractivity contribution in [1.82, 2.24) is 14.5 Å². The summed E-state index contributed by atoms with van der Waals surface area (Å²) < 4.78 is 17.3. The van der Waals surface area contributed by atoms with Crippen LogP contribution in [0.1, 0.15) is 12.8 Å². The van der Waals surface area contributed by atoms with Crippen LogP contribution in [-0.4, -0.2) is 66.8 Å². The third-order valence-electron chi connectivity index (χ3n) is 5.58. The van der Waals surface area contributed by atoms with Gasteiger partial charge < -0.3 is 19.1 Å². The van der Waals surface area contributed by atoms with Gasteiger partial charge in [-0.2, -0.15) is 0 Å². The van der Waals surface area contributed by atoms with Crippen LogP contribution in [0.3, 0.4) is 0 Å². The average molecular weight is 465 g/mol. The maximum Gasteiger partial charge on any atom is 0.249 e. The largest absolute Gasteiger partial charge is 0.497 e. The lowest BCUT2D eigenvalue weighted by Crippen LogP contribution is -2.41. The van der Waals surface area contributed by atoms with E-state index in [-0.39, 0.29) is 31.0 Å². The Morgan fingerprint density at radius 3 is 2.18 bits per heavy atom. The summed E-state index contributed by atoms with van der Waals surface area (Å²) in [5.74, 6) is 1.31. The third kappa shape index (κ3) is 5.37. The van der Waals surface area contributed by atoms with Crippen molar-refractivity contribution in [2.45, 2.75) is 18.9 Å². The molecule has 0 radical (unpaired) electrons. The summed E-state index contributed by atoms with van der Waals surface area (Å²) in [6.45, 7) is -0.105. The molecule has 1 aliphatic carbocycles. The maximum absolute atomic E-state index is 12.9. The maximum atomic E-state index is 12.9. The molecule has 2 aromatic carbocycles. The van der Waals surface area contributed by atoms with Crippen LogP contribution in [-0.2, 0) is 14.3 Å². The van der Waals surface area contributed by atoms with Gasteiger partial charge in [0.2, 0.25) is 17.8 Å². The average Bonchev–Trinajstić information content (AvgIpc) is 3.62. The number of methoxy groups -OCH3 is 3. The van der Waals surface area contributed by atoms with Gasteiger partial charge in [-0.3, -0.25) is 19.5 Å². The smallest absolute Gasteiger partial charge is 0.249 e. The van der Waals surface area contributed by atoms with E-state index in [9.17, 15) is 9.59 Å². The van der Waals surface area contributed by atoms with E-state index in [1.807, 2.05) is 54.7 Å². The van der Waals surface area contributed by atoms with E-state index >= 15 is 0 Å². The second-order valence-corrected chi connectivity index (χ2v) is 7.98. The molecule has 3 aromatic rings. The molecule has 1 heterocycles. The minimum atomic E-state index is -0.321. The number of hydrogen-bond donors (Lipinski definition) is 1. The molecular formula is C25H28N4O5. The molecule has 9 heteroatoms. The van der Waals surface area contributed by atoms with E-state index in [1.165, 1.54) is 7.11 Å². The van der Waals surface area contributed by atoms with Crippen molar-refractivity contribution in [3.05, 3.63) is 54.7 Å². The van der Waals surface area contributed by atoms with Gasteiger partial charge >= 0.3 is 0 Å². The van der Waals surface area contributed by atoms with Crippen LogP contribution in [0, 0.1) is 0 Å². The summed E-state index contributed by atoms with van der Waals surface area (Å²) in [5.41, 5.74) is 2.36. The molecule has 1 saturated carbocycles. The summed E-state index contributed by atoms with van der Waals surface area (Å²) in [6, 6.07) is 15.1. The molecular weight excluding hydrogens is 436 g/mol. The Labute approximate surface area is 198 Å². The van der Waals surface area contributed by atoms with Crippen LogP contribution in [0.4, 0.5) is 5.95 Å². The van der Waals surface area contributed by atoms with Crippen LogP contribution < -0.4 is 14.8 Å². The minimum Gasteiger partial charge on any atom is -0.497 e. The molecule has 0 aliphatic heterocycles. The van der Waals surface area contributed by atoms with Gasteiger partial charge in [-0.05, 0) is 61.4 Å². The molecule has 1 N–H and O–H groups in total. The van der Waals surface area contributed by atoms with E-state index in [0.717, 1.165) is 35.6 Å². The van der Waals surface area contributed by atoms with Crippen LogP contribution in [0.25, 0.3) is 16.9 Å². The Morgan fingerprint density at radius 2 is 1.62 bits per heavy atom. The number of rotatable bonds is 10. The van der Waals surface area contributed by atoms with Gasteiger partial charge in [-0.25, -0.2) is 4.98 Å². The molecule has 0 bridgehead atoms. The number of imidazole rings is 1. The molecule has 9 nitrogen and oxygen atoms in total. The van der Waals surface area contributed by atoms with E-state index in [2.05, 4.69) is 10.3 Å². The zero-order chi connectivity index (χ0) is 24.1. The molecule has 1 aromatic heterocycles. The number of benzene rings is 2. The predicted molar refractivity (Wildman–Crippen MR) is 127 cm³/mol. The summed E-state index contributed by atoms with van der Waals surface area (Å²) in [6.07, 6.45) is 3.64. The van der Waals surface area contributed by atoms with Gasteiger partial charge in [0.05, 0.1) is 19.9 Å². The fraction of sp³-hybridized carbons (Fsp3) is 0.320. The lowest BCUT2D eigenvalue weighted by molar-refractivity contribution is -0.138. The number of nitrogens with one attached hydrogen (secondary N) is 1. The standard InChI is InChI=1S/C25H28N4O5/c1-32-16-24(31)28(18-6-7-18)15-23(30)27-25-26-22(17-4-10-20(33-2)11-5-17)14-29(25)19-8-12-21(34-3)13-9-19/h4-5,8-14,18H,6-7,15-16H2,1-3H3,(H,26,27,30). The van der Waals surface area contributed by atoms with Crippen molar-refractivity contribution in [3.63, 3.8) is 0 Å². The summed E-state index contributed by atoms with van der Waals surface area (Å²) >= 11 is 0. The van der Waals surface area contributed by atoms with Gasteiger partial charge in [0, 0.05) is 30.6 Å². The number of amides is 2. The number of carbonyl (C=O) groups excluding carboxylic acids is 2. The highest BCUT2D eigenvalue weighted by molar-refractivity contribution is 5.94. The third-order valence-corrected chi connectivity index (χ3v) is 5.58. The molecule has 0 atom stereocenters. The number of hydrogen-bond acceptors (Lipinski definition) is 6. The molecule has 1 fully saturated rings. The second kappa shape index (κ2) is 10.4. The topological polar surface area (TPSA) is 94.9 Å². The lowest BCUT2D eigenvalue weighted by atomic mass is 10.1. The molecule has 178 valence electrons. The number of nitrogens with zero attached hydrogens (tertiary/aromatic N) is 3. The lowest BCUT2D eigenvalue weighted by Gasteiger charge is -2.21. The van der Waals surface area contributed by atoms with E-state index in [0.29, 0.717) is 11.6 Å². The zero-order valence-corrected chi connectivity index (χ0v) is 19.5. The highest BCUT2D eigenvalue weighted by atomic mass is 16.5. The fourth-order valence-corrected chi connectivity index (χ4v) is 3.64. The first-order chi connectivity index (χ1) is 16.5. The van der Waals surface area contributed by atoms with Crippen LogP contribution >= 0.6 is 0 Å².